The van der Waals surface area contributed by atoms with Crippen LogP contribution in [0.4, 0.5) is 4.79 Å². The molecular formula is C23H31NO4. The summed E-state index contributed by atoms with van der Waals surface area (Å²) >= 11 is 0. The first kappa shape index (κ1) is 18.3. The van der Waals surface area contributed by atoms with Gasteiger partial charge in [-0.25, -0.2) is 4.79 Å². The zero-order chi connectivity index (χ0) is 19.0. The van der Waals surface area contributed by atoms with Crippen molar-refractivity contribution in [1.29, 1.82) is 0 Å². The second-order valence-corrected chi connectivity index (χ2v) is 9.11. The summed E-state index contributed by atoms with van der Waals surface area (Å²) in [5.41, 5.74) is 3.26. The molecule has 5 heteroatoms. The van der Waals surface area contributed by atoms with Crippen molar-refractivity contribution in [2.75, 3.05) is 19.9 Å². The maximum absolute atomic E-state index is 11.7. The van der Waals surface area contributed by atoms with Crippen LogP contribution in [0.2, 0.25) is 0 Å². The molecule has 3 atom stereocenters. The molecule has 3 aliphatic carbocycles. The van der Waals surface area contributed by atoms with E-state index in [4.69, 9.17) is 14.2 Å². The van der Waals surface area contributed by atoms with Crippen molar-refractivity contribution in [2.24, 2.45) is 11.8 Å². The number of rotatable bonds is 5. The first-order valence-electron chi connectivity index (χ1n) is 11.0. The highest BCUT2D eigenvalue weighted by molar-refractivity contribution is 5.59. The molecule has 0 radical (unpaired) electrons. The van der Waals surface area contributed by atoms with Crippen molar-refractivity contribution in [1.82, 2.24) is 5.32 Å². The van der Waals surface area contributed by atoms with Crippen molar-refractivity contribution in [3.8, 4) is 5.75 Å². The maximum Gasteiger partial charge on any atom is 0.511 e. The minimum Gasteiger partial charge on any atom is -0.457 e. The Morgan fingerprint density at radius 1 is 1.11 bits per heavy atom. The predicted octanol–water partition coefficient (Wildman–Crippen LogP) is 4.32. The van der Waals surface area contributed by atoms with Crippen LogP contribution >= 0.6 is 0 Å². The summed E-state index contributed by atoms with van der Waals surface area (Å²) in [7, 11) is 0. The first-order valence-corrected chi connectivity index (χ1v) is 11.0. The van der Waals surface area contributed by atoms with Gasteiger partial charge in [0, 0.05) is 11.5 Å². The van der Waals surface area contributed by atoms with E-state index < -0.39 is 6.16 Å². The molecule has 0 unspecified atom stereocenters. The van der Waals surface area contributed by atoms with Crippen LogP contribution in [0.1, 0.15) is 62.5 Å². The summed E-state index contributed by atoms with van der Waals surface area (Å²) in [5.74, 6) is 2.06. The molecule has 5 nitrogen and oxygen atoms in total. The van der Waals surface area contributed by atoms with Crippen LogP contribution in [-0.4, -0.2) is 32.1 Å². The number of hydrogen-bond acceptors (Lipinski definition) is 5. The molecular weight excluding hydrogens is 354 g/mol. The van der Waals surface area contributed by atoms with Gasteiger partial charge in [0.2, 0.25) is 6.79 Å². The van der Waals surface area contributed by atoms with E-state index >= 15 is 0 Å². The normalized spacial score (nSPS) is 31.1. The Kier molecular flexibility index (Phi) is 4.95. The van der Waals surface area contributed by atoms with Crippen molar-refractivity contribution in [3.63, 3.8) is 0 Å². The third-order valence-electron chi connectivity index (χ3n) is 7.68. The number of nitrogens with one attached hydrogen (secondary N) is 1. The van der Waals surface area contributed by atoms with Gasteiger partial charge in [-0.05, 0) is 80.2 Å². The lowest BCUT2D eigenvalue weighted by molar-refractivity contribution is -0.00695. The molecule has 0 amide bonds. The fourth-order valence-corrected chi connectivity index (χ4v) is 6.03. The van der Waals surface area contributed by atoms with Crippen molar-refractivity contribution >= 4 is 6.16 Å². The number of fused-ring (bicyclic) bond motifs is 1. The molecule has 2 bridgehead atoms. The Labute approximate surface area is 167 Å². The molecule has 4 aliphatic rings. The van der Waals surface area contributed by atoms with Gasteiger partial charge in [0.15, 0.2) is 0 Å². The average Bonchev–Trinajstić information content (AvgIpc) is 2.67. The van der Waals surface area contributed by atoms with Gasteiger partial charge in [-0.3, -0.25) is 0 Å². The largest absolute Gasteiger partial charge is 0.511 e. The number of piperidine rings is 1. The van der Waals surface area contributed by atoms with Gasteiger partial charge in [-0.15, -0.1) is 0 Å². The van der Waals surface area contributed by atoms with E-state index in [1.54, 1.807) is 0 Å². The smallest absolute Gasteiger partial charge is 0.457 e. The Morgan fingerprint density at radius 3 is 2.89 bits per heavy atom. The zero-order valence-electron chi connectivity index (χ0n) is 16.6. The van der Waals surface area contributed by atoms with Crippen LogP contribution in [0.3, 0.4) is 0 Å². The number of carbonyl (C=O) groups excluding carboxylic acids is 1. The Hall–Kier alpha value is -1.75. The van der Waals surface area contributed by atoms with E-state index in [-0.39, 0.29) is 6.79 Å². The molecule has 28 heavy (non-hydrogen) atoms. The minimum atomic E-state index is -0.628. The lowest BCUT2D eigenvalue weighted by Gasteiger charge is -2.56. The Bertz CT molecular complexity index is 727. The van der Waals surface area contributed by atoms with Crippen LogP contribution in [0.15, 0.2) is 18.2 Å². The second-order valence-electron chi connectivity index (χ2n) is 9.11. The fourth-order valence-electron chi connectivity index (χ4n) is 6.03. The van der Waals surface area contributed by atoms with Gasteiger partial charge in [-0.2, -0.15) is 0 Å². The lowest BCUT2D eigenvalue weighted by Crippen LogP contribution is -2.59. The second kappa shape index (κ2) is 7.58. The van der Waals surface area contributed by atoms with Crippen molar-refractivity contribution in [2.45, 2.75) is 69.2 Å². The SMILES string of the molecule is O=C(OCOc1ccc2c(c1)[C@]13CCCC[C@@H]1[C@H](C2)NCC3)OCC1CCC1. The topological polar surface area (TPSA) is 56.8 Å². The highest BCUT2D eigenvalue weighted by Gasteiger charge is 2.51. The Balaban J connectivity index is 1.23. The van der Waals surface area contributed by atoms with E-state index in [0.29, 0.717) is 24.0 Å². The maximum atomic E-state index is 11.7. The molecule has 1 N–H and O–H groups in total. The molecule has 0 spiro atoms. The molecule has 0 aromatic heterocycles. The summed E-state index contributed by atoms with van der Waals surface area (Å²) in [5, 5.41) is 3.77. The van der Waals surface area contributed by atoms with E-state index in [9.17, 15) is 4.79 Å². The standard InChI is InChI=1S/C23H31NO4/c25-22(26-14-16-4-3-5-16)28-15-27-18-8-7-17-12-21-19-6-1-2-9-23(19,10-11-24-21)20(17)13-18/h7-8,13,16,19,21,24H,1-6,9-12,14-15H2/t19-,21+,23+/m1/s1. The van der Waals surface area contributed by atoms with Crippen LogP contribution in [-0.2, 0) is 21.3 Å². The van der Waals surface area contributed by atoms with Gasteiger partial charge >= 0.3 is 6.16 Å². The summed E-state index contributed by atoms with van der Waals surface area (Å²) in [6.07, 6.45) is 10.5. The van der Waals surface area contributed by atoms with Crippen LogP contribution < -0.4 is 10.1 Å². The molecule has 1 aromatic rings. The minimum absolute atomic E-state index is 0.0943. The Morgan fingerprint density at radius 2 is 2.04 bits per heavy atom. The monoisotopic (exact) mass is 385 g/mol. The predicted molar refractivity (Wildman–Crippen MR) is 105 cm³/mol. The third-order valence-corrected chi connectivity index (χ3v) is 7.68. The summed E-state index contributed by atoms with van der Waals surface area (Å²) in [6, 6.07) is 7.07. The van der Waals surface area contributed by atoms with E-state index in [1.807, 2.05) is 6.07 Å². The van der Waals surface area contributed by atoms with E-state index in [2.05, 4.69) is 17.4 Å². The highest BCUT2D eigenvalue weighted by Crippen LogP contribution is 2.54. The number of ether oxygens (including phenoxy) is 3. The zero-order valence-corrected chi connectivity index (χ0v) is 16.6. The van der Waals surface area contributed by atoms with Crippen LogP contribution in [0.5, 0.6) is 5.75 Å². The number of carbonyl (C=O) groups is 1. The summed E-state index contributed by atoms with van der Waals surface area (Å²) in [6.45, 7) is 1.49. The lowest BCUT2D eigenvalue weighted by atomic mass is 9.53. The van der Waals surface area contributed by atoms with Gasteiger partial charge < -0.3 is 19.5 Å². The quantitative estimate of drug-likeness (QED) is 0.604. The molecule has 1 saturated heterocycles. The first-order chi connectivity index (χ1) is 13.7. The number of benzene rings is 1. The van der Waals surface area contributed by atoms with Crippen LogP contribution in [0, 0.1) is 11.8 Å². The molecule has 1 heterocycles. The molecule has 1 aromatic carbocycles. The molecule has 5 rings (SSSR count). The summed E-state index contributed by atoms with van der Waals surface area (Å²) < 4.78 is 16.0. The van der Waals surface area contributed by atoms with Crippen LogP contribution in [0.25, 0.3) is 0 Å². The molecule has 152 valence electrons. The summed E-state index contributed by atoms with van der Waals surface area (Å²) in [4.78, 5) is 11.7. The van der Waals surface area contributed by atoms with Crippen molar-refractivity contribution < 1.29 is 19.0 Å². The molecule has 3 fully saturated rings. The fraction of sp³-hybridized carbons (Fsp3) is 0.696. The molecule has 1 aliphatic heterocycles. The number of hydrogen-bond donors (Lipinski definition) is 1. The van der Waals surface area contributed by atoms with Crippen molar-refractivity contribution in [3.05, 3.63) is 29.3 Å². The van der Waals surface area contributed by atoms with Gasteiger partial charge in [0.25, 0.3) is 0 Å². The average molecular weight is 386 g/mol. The molecule has 2 saturated carbocycles. The van der Waals surface area contributed by atoms with Gasteiger partial charge in [0.05, 0.1) is 6.61 Å². The van der Waals surface area contributed by atoms with Gasteiger partial charge in [-0.1, -0.05) is 25.3 Å². The van der Waals surface area contributed by atoms with Gasteiger partial charge in [0.1, 0.15) is 5.75 Å². The third kappa shape index (κ3) is 3.28. The van der Waals surface area contributed by atoms with E-state index in [1.165, 1.54) is 49.7 Å². The van der Waals surface area contributed by atoms with E-state index in [0.717, 1.165) is 37.5 Å². The highest BCUT2D eigenvalue weighted by atomic mass is 16.8.